The van der Waals surface area contributed by atoms with Crippen molar-refractivity contribution in [3.05, 3.63) is 59.9 Å². The van der Waals surface area contributed by atoms with Crippen molar-refractivity contribution in [2.45, 2.75) is 12.8 Å². The Morgan fingerprint density at radius 3 is 2.43 bits per heavy atom. The number of nitrogens with zero attached hydrogens (tertiary/aromatic N) is 2. The van der Waals surface area contributed by atoms with Gasteiger partial charge < -0.3 is 9.15 Å². The summed E-state index contributed by atoms with van der Waals surface area (Å²) < 4.78 is 10.5. The average Bonchev–Trinajstić information content (AvgIpc) is 3.37. The molecule has 6 rings (SSSR count). The van der Waals surface area contributed by atoms with E-state index in [-0.39, 0.29) is 35.5 Å². The maximum absolute atomic E-state index is 12.8. The number of rotatable bonds is 4. The third-order valence-electron chi connectivity index (χ3n) is 6.23. The molecule has 2 aromatic rings. The standard InChI is InChI=1S/C23H20N2O5/c1-29-23(28)16-4-2-3-15(11-16)18-10-9-17(30-18)12-24-25-21(26)19-13-5-6-14(8-7-13)20(19)22(25)27/h2-6,9-14,19-20H,7-8H2,1H3/b24-12-/t13-,14-,19-,20-/m1/s1. The third kappa shape index (κ3) is 2.89. The summed E-state index contributed by atoms with van der Waals surface area (Å²) in [5.74, 6) is -0.236. The molecule has 1 saturated carbocycles. The number of benzene rings is 1. The number of fused-ring (bicyclic) bond motifs is 1. The fourth-order valence-corrected chi connectivity index (χ4v) is 4.78. The molecule has 2 bridgehead atoms. The molecular weight excluding hydrogens is 384 g/mol. The van der Waals surface area contributed by atoms with Gasteiger partial charge in [-0.15, -0.1) is 0 Å². The lowest BCUT2D eigenvalue weighted by atomic mass is 9.63. The molecular formula is C23H20N2O5. The number of hydrogen-bond donors (Lipinski definition) is 0. The predicted octanol–water partition coefficient (Wildman–Crippen LogP) is 3.26. The quantitative estimate of drug-likeness (QED) is 0.338. The molecule has 4 aliphatic rings. The molecule has 2 amide bonds. The summed E-state index contributed by atoms with van der Waals surface area (Å²) in [5, 5.41) is 5.16. The molecule has 152 valence electrons. The van der Waals surface area contributed by atoms with Crippen molar-refractivity contribution in [1.29, 1.82) is 0 Å². The Labute approximate surface area is 173 Å². The molecule has 1 aliphatic heterocycles. The first kappa shape index (κ1) is 18.5. The van der Waals surface area contributed by atoms with Gasteiger partial charge in [0.05, 0.1) is 30.7 Å². The Balaban J connectivity index is 1.35. The molecule has 1 aromatic carbocycles. The monoisotopic (exact) mass is 404 g/mol. The van der Waals surface area contributed by atoms with Crippen LogP contribution in [0.15, 0.2) is 58.1 Å². The predicted molar refractivity (Wildman–Crippen MR) is 107 cm³/mol. The van der Waals surface area contributed by atoms with E-state index in [9.17, 15) is 14.4 Å². The molecule has 0 unspecified atom stereocenters. The first-order valence-electron chi connectivity index (χ1n) is 9.95. The van der Waals surface area contributed by atoms with Gasteiger partial charge in [-0.1, -0.05) is 24.3 Å². The van der Waals surface area contributed by atoms with E-state index < -0.39 is 5.97 Å². The van der Waals surface area contributed by atoms with Crippen molar-refractivity contribution >= 4 is 24.0 Å². The lowest BCUT2D eigenvalue weighted by Gasteiger charge is -2.37. The van der Waals surface area contributed by atoms with Gasteiger partial charge in [0.15, 0.2) is 0 Å². The Hall–Kier alpha value is -3.48. The van der Waals surface area contributed by atoms with Crippen LogP contribution in [0.25, 0.3) is 11.3 Å². The van der Waals surface area contributed by atoms with E-state index in [2.05, 4.69) is 17.3 Å². The van der Waals surface area contributed by atoms with Crippen molar-refractivity contribution in [3.8, 4) is 11.3 Å². The van der Waals surface area contributed by atoms with Crippen LogP contribution in [0.2, 0.25) is 0 Å². The zero-order chi connectivity index (χ0) is 20.8. The molecule has 2 fully saturated rings. The van der Waals surface area contributed by atoms with Crippen LogP contribution < -0.4 is 0 Å². The minimum atomic E-state index is -0.429. The Morgan fingerprint density at radius 2 is 1.80 bits per heavy atom. The maximum Gasteiger partial charge on any atom is 0.337 e. The molecule has 4 atom stereocenters. The van der Waals surface area contributed by atoms with Crippen LogP contribution in [0, 0.1) is 23.7 Å². The first-order valence-corrected chi connectivity index (χ1v) is 9.95. The van der Waals surface area contributed by atoms with E-state index in [0.29, 0.717) is 22.6 Å². The molecule has 1 saturated heterocycles. The van der Waals surface area contributed by atoms with E-state index in [1.165, 1.54) is 13.3 Å². The Kier molecular flexibility index (Phi) is 4.38. The summed E-state index contributed by atoms with van der Waals surface area (Å²) in [6.45, 7) is 0. The number of methoxy groups -OCH3 is 1. The second-order valence-corrected chi connectivity index (χ2v) is 7.85. The number of hydrazone groups is 1. The maximum atomic E-state index is 12.8. The number of allylic oxidation sites excluding steroid dienone is 2. The minimum absolute atomic E-state index is 0.133. The van der Waals surface area contributed by atoms with Gasteiger partial charge in [0, 0.05) is 5.56 Å². The highest BCUT2D eigenvalue weighted by molar-refractivity contribution is 6.06. The third-order valence-corrected chi connectivity index (χ3v) is 6.23. The fourth-order valence-electron chi connectivity index (χ4n) is 4.78. The van der Waals surface area contributed by atoms with E-state index in [0.717, 1.165) is 17.9 Å². The van der Waals surface area contributed by atoms with Crippen molar-refractivity contribution in [2.75, 3.05) is 7.11 Å². The number of amides is 2. The summed E-state index contributed by atoms with van der Waals surface area (Å²) in [6.07, 6.45) is 7.44. The molecule has 30 heavy (non-hydrogen) atoms. The number of hydrogen-bond acceptors (Lipinski definition) is 6. The number of esters is 1. The molecule has 0 radical (unpaired) electrons. The van der Waals surface area contributed by atoms with Crippen molar-refractivity contribution in [2.24, 2.45) is 28.8 Å². The molecule has 0 N–H and O–H groups in total. The van der Waals surface area contributed by atoms with Gasteiger partial charge >= 0.3 is 5.97 Å². The normalized spacial score (nSPS) is 27.2. The number of carbonyl (C=O) groups excluding carboxylic acids is 3. The number of ether oxygens (including phenoxy) is 1. The molecule has 1 aromatic heterocycles. The molecule has 2 heterocycles. The van der Waals surface area contributed by atoms with E-state index in [1.54, 1.807) is 30.3 Å². The van der Waals surface area contributed by atoms with Gasteiger partial charge in [-0.2, -0.15) is 10.1 Å². The van der Waals surface area contributed by atoms with E-state index in [1.807, 2.05) is 6.07 Å². The summed E-state index contributed by atoms with van der Waals surface area (Å²) in [5.41, 5.74) is 1.13. The van der Waals surface area contributed by atoms with Crippen molar-refractivity contribution in [1.82, 2.24) is 5.01 Å². The van der Waals surface area contributed by atoms with Crippen LogP contribution in [0.5, 0.6) is 0 Å². The van der Waals surface area contributed by atoms with Gasteiger partial charge in [-0.25, -0.2) is 4.79 Å². The largest absolute Gasteiger partial charge is 0.465 e. The SMILES string of the molecule is COC(=O)c1cccc(-c2ccc(/C=N\N3C(=O)[C@H]4[C@H](C3=O)[C@@H]3C=C[C@@H]4CC3)o2)c1. The van der Waals surface area contributed by atoms with Crippen LogP contribution in [-0.2, 0) is 14.3 Å². The Bertz CT molecular complexity index is 1070. The van der Waals surface area contributed by atoms with Gasteiger partial charge in [-0.05, 0) is 48.9 Å². The topological polar surface area (TPSA) is 89.2 Å². The van der Waals surface area contributed by atoms with Gasteiger partial charge in [0.25, 0.3) is 11.8 Å². The van der Waals surface area contributed by atoms with Crippen LogP contribution in [-0.4, -0.2) is 36.1 Å². The first-order chi connectivity index (χ1) is 14.6. The highest BCUT2D eigenvalue weighted by atomic mass is 16.5. The fraction of sp³-hybridized carbons (Fsp3) is 0.304. The summed E-state index contributed by atoms with van der Waals surface area (Å²) in [6, 6.07) is 10.3. The highest BCUT2D eigenvalue weighted by Gasteiger charge is 2.56. The van der Waals surface area contributed by atoms with Crippen molar-refractivity contribution < 1.29 is 23.5 Å². The van der Waals surface area contributed by atoms with E-state index in [4.69, 9.17) is 9.15 Å². The van der Waals surface area contributed by atoms with Gasteiger partial charge in [0.1, 0.15) is 11.5 Å². The van der Waals surface area contributed by atoms with Crippen molar-refractivity contribution in [3.63, 3.8) is 0 Å². The lowest BCUT2D eigenvalue weighted by Crippen LogP contribution is -2.38. The second-order valence-electron chi connectivity index (χ2n) is 7.85. The summed E-state index contributed by atoms with van der Waals surface area (Å²) >= 11 is 0. The lowest BCUT2D eigenvalue weighted by molar-refractivity contribution is -0.140. The van der Waals surface area contributed by atoms with Crippen LogP contribution in [0.3, 0.4) is 0 Å². The number of imide groups is 1. The second kappa shape index (κ2) is 7.09. The van der Waals surface area contributed by atoms with Gasteiger partial charge in [0.2, 0.25) is 0 Å². The summed E-state index contributed by atoms with van der Waals surface area (Å²) in [7, 11) is 1.33. The highest BCUT2D eigenvalue weighted by Crippen LogP contribution is 2.49. The zero-order valence-electron chi connectivity index (χ0n) is 16.4. The number of furan rings is 1. The van der Waals surface area contributed by atoms with E-state index >= 15 is 0 Å². The smallest absolute Gasteiger partial charge is 0.337 e. The van der Waals surface area contributed by atoms with Crippen LogP contribution in [0.1, 0.15) is 29.0 Å². The zero-order valence-corrected chi connectivity index (χ0v) is 16.4. The molecule has 0 spiro atoms. The van der Waals surface area contributed by atoms with Gasteiger partial charge in [-0.3, -0.25) is 9.59 Å². The molecule has 7 nitrogen and oxygen atoms in total. The molecule has 7 heteroatoms. The van der Waals surface area contributed by atoms with Crippen LogP contribution in [0.4, 0.5) is 0 Å². The minimum Gasteiger partial charge on any atom is -0.465 e. The average molecular weight is 404 g/mol. The Morgan fingerprint density at radius 1 is 1.10 bits per heavy atom. The molecule has 3 aliphatic carbocycles. The van der Waals surface area contributed by atoms with Crippen LogP contribution >= 0.6 is 0 Å². The summed E-state index contributed by atoms with van der Waals surface area (Å²) in [4.78, 5) is 37.3. The number of carbonyl (C=O) groups is 3.